The maximum Gasteiger partial charge on any atom is 0.355 e. The standard InChI is InChI=1S/C14H22N2O4S/c1-5-20-13(17)11-9(2)12(10(3)15-11)21(18,19)16-14(4)7-6-8-14/h15-16H,5-8H2,1-4H3. The monoisotopic (exact) mass is 314 g/mol. The minimum Gasteiger partial charge on any atom is -0.461 e. The first-order valence-electron chi connectivity index (χ1n) is 7.10. The third-order valence-corrected chi connectivity index (χ3v) is 5.87. The highest BCUT2D eigenvalue weighted by Crippen LogP contribution is 2.34. The number of H-pyrrole nitrogens is 1. The molecule has 1 aromatic heterocycles. The fraction of sp³-hybridized carbons (Fsp3) is 0.643. The van der Waals surface area contributed by atoms with E-state index in [0.717, 1.165) is 19.3 Å². The van der Waals surface area contributed by atoms with Gasteiger partial charge in [0, 0.05) is 16.8 Å². The Morgan fingerprint density at radius 3 is 2.48 bits per heavy atom. The molecule has 0 bridgehead atoms. The number of rotatable bonds is 5. The van der Waals surface area contributed by atoms with E-state index in [9.17, 15) is 13.2 Å². The molecular formula is C14H22N2O4S. The maximum absolute atomic E-state index is 12.6. The molecule has 1 heterocycles. The van der Waals surface area contributed by atoms with Crippen LogP contribution in [0, 0.1) is 13.8 Å². The van der Waals surface area contributed by atoms with Crippen LogP contribution in [0.3, 0.4) is 0 Å². The van der Waals surface area contributed by atoms with Crippen LogP contribution in [0.1, 0.15) is 54.9 Å². The summed E-state index contributed by atoms with van der Waals surface area (Å²) in [4.78, 5) is 14.8. The first-order chi connectivity index (χ1) is 9.70. The van der Waals surface area contributed by atoms with Gasteiger partial charge in [-0.1, -0.05) is 0 Å². The van der Waals surface area contributed by atoms with Crippen LogP contribution in [0.15, 0.2) is 4.90 Å². The van der Waals surface area contributed by atoms with Crippen molar-refractivity contribution < 1.29 is 17.9 Å². The van der Waals surface area contributed by atoms with E-state index < -0.39 is 16.0 Å². The van der Waals surface area contributed by atoms with Gasteiger partial charge in [-0.25, -0.2) is 17.9 Å². The minimum atomic E-state index is -3.66. The number of aryl methyl sites for hydroxylation is 1. The molecule has 0 spiro atoms. The predicted octanol–water partition coefficient (Wildman–Crippen LogP) is 2.03. The van der Waals surface area contributed by atoms with Gasteiger partial charge in [0.1, 0.15) is 10.6 Å². The number of aromatic nitrogens is 1. The van der Waals surface area contributed by atoms with Gasteiger partial charge in [0.15, 0.2) is 0 Å². The molecule has 1 aliphatic rings. The topological polar surface area (TPSA) is 88.3 Å². The average Bonchev–Trinajstić information content (AvgIpc) is 2.63. The van der Waals surface area contributed by atoms with Crippen LogP contribution in [0.4, 0.5) is 0 Å². The van der Waals surface area contributed by atoms with Gasteiger partial charge < -0.3 is 9.72 Å². The third-order valence-electron chi connectivity index (χ3n) is 3.95. The van der Waals surface area contributed by atoms with Gasteiger partial charge in [-0.2, -0.15) is 0 Å². The van der Waals surface area contributed by atoms with Crippen molar-refractivity contribution in [2.24, 2.45) is 0 Å². The summed E-state index contributed by atoms with van der Waals surface area (Å²) in [5.41, 5.74) is 0.680. The molecule has 0 saturated heterocycles. The molecule has 0 aromatic carbocycles. The normalized spacial score (nSPS) is 17.3. The third kappa shape index (κ3) is 2.98. The molecule has 6 nitrogen and oxygen atoms in total. The first kappa shape index (κ1) is 16.0. The van der Waals surface area contributed by atoms with Crippen molar-refractivity contribution in [3.63, 3.8) is 0 Å². The fourth-order valence-electron chi connectivity index (χ4n) is 2.73. The quantitative estimate of drug-likeness (QED) is 0.814. The molecule has 1 aromatic rings. The second kappa shape index (κ2) is 5.46. The summed E-state index contributed by atoms with van der Waals surface area (Å²) in [6.07, 6.45) is 2.69. The van der Waals surface area contributed by atoms with Crippen LogP contribution < -0.4 is 4.72 Å². The Bertz CT molecular complexity index is 657. The Labute approximate surface area is 125 Å². The number of aromatic amines is 1. The van der Waals surface area contributed by atoms with Crippen molar-refractivity contribution in [1.29, 1.82) is 0 Å². The molecule has 1 aliphatic carbocycles. The van der Waals surface area contributed by atoms with Crippen LogP contribution in [-0.2, 0) is 14.8 Å². The molecule has 7 heteroatoms. The number of carbonyl (C=O) groups is 1. The van der Waals surface area contributed by atoms with Crippen LogP contribution in [0.5, 0.6) is 0 Å². The zero-order chi connectivity index (χ0) is 15.8. The summed E-state index contributed by atoms with van der Waals surface area (Å²) >= 11 is 0. The summed E-state index contributed by atoms with van der Waals surface area (Å²) in [5.74, 6) is -0.533. The lowest BCUT2D eigenvalue weighted by atomic mass is 9.80. The average molecular weight is 314 g/mol. The summed E-state index contributed by atoms with van der Waals surface area (Å²) < 4.78 is 32.9. The van der Waals surface area contributed by atoms with Crippen molar-refractivity contribution in [2.75, 3.05) is 6.61 Å². The van der Waals surface area contributed by atoms with E-state index in [1.165, 1.54) is 0 Å². The highest BCUT2D eigenvalue weighted by Gasteiger charge is 2.38. The maximum atomic E-state index is 12.6. The van der Waals surface area contributed by atoms with Crippen molar-refractivity contribution in [3.8, 4) is 0 Å². The number of nitrogens with one attached hydrogen (secondary N) is 2. The molecule has 0 unspecified atom stereocenters. The van der Waals surface area contributed by atoms with E-state index in [0.29, 0.717) is 11.3 Å². The second-order valence-corrected chi connectivity index (χ2v) is 7.44. The zero-order valence-electron chi connectivity index (χ0n) is 12.9. The van der Waals surface area contributed by atoms with Gasteiger partial charge in [-0.15, -0.1) is 0 Å². The molecule has 0 radical (unpaired) electrons. The van der Waals surface area contributed by atoms with Crippen LogP contribution >= 0.6 is 0 Å². The zero-order valence-corrected chi connectivity index (χ0v) is 13.7. The molecule has 21 heavy (non-hydrogen) atoms. The Morgan fingerprint density at radius 2 is 2.00 bits per heavy atom. The lowest BCUT2D eigenvalue weighted by Crippen LogP contribution is -2.50. The van der Waals surface area contributed by atoms with Crippen molar-refractivity contribution in [2.45, 2.75) is 57.4 Å². The lowest BCUT2D eigenvalue weighted by Gasteiger charge is -2.38. The highest BCUT2D eigenvalue weighted by atomic mass is 32.2. The van der Waals surface area contributed by atoms with Crippen molar-refractivity contribution in [1.82, 2.24) is 9.71 Å². The number of sulfonamides is 1. The minimum absolute atomic E-state index is 0.152. The number of esters is 1. The summed E-state index contributed by atoms with van der Waals surface area (Å²) in [6, 6.07) is 0. The van der Waals surface area contributed by atoms with E-state index >= 15 is 0 Å². The van der Waals surface area contributed by atoms with Gasteiger partial charge in [-0.3, -0.25) is 0 Å². The van der Waals surface area contributed by atoms with Gasteiger partial charge in [0.05, 0.1) is 6.61 Å². The molecule has 2 rings (SSSR count). The van der Waals surface area contributed by atoms with Gasteiger partial charge in [0.2, 0.25) is 10.0 Å². The molecular weight excluding hydrogens is 292 g/mol. The van der Waals surface area contributed by atoms with Gasteiger partial charge in [0.25, 0.3) is 0 Å². The molecule has 1 fully saturated rings. The largest absolute Gasteiger partial charge is 0.461 e. The van der Waals surface area contributed by atoms with Gasteiger partial charge >= 0.3 is 5.97 Å². The number of carbonyl (C=O) groups excluding carboxylic acids is 1. The Morgan fingerprint density at radius 1 is 1.38 bits per heavy atom. The van der Waals surface area contributed by atoms with Crippen molar-refractivity contribution in [3.05, 3.63) is 17.0 Å². The molecule has 118 valence electrons. The highest BCUT2D eigenvalue weighted by molar-refractivity contribution is 7.89. The summed E-state index contributed by atoms with van der Waals surface area (Å²) in [6.45, 7) is 7.12. The summed E-state index contributed by atoms with van der Waals surface area (Å²) in [5, 5.41) is 0. The molecule has 0 aliphatic heterocycles. The molecule has 2 N–H and O–H groups in total. The smallest absolute Gasteiger partial charge is 0.355 e. The van der Waals surface area contributed by atoms with Crippen LogP contribution in [0.25, 0.3) is 0 Å². The Hall–Kier alpha value is -1.34. The predicted molar refractivity (Wildman–Crippen MR) is 78.8 cm³/mol. The summed E-state index contributed by atoms with van der Waals surface area (Å²) in [7, 11) is -3.66. The van der Waals surface area contributed by atoms with E-state index in [-0.39, 0.29) is 22.7 Å². The second-order valence-electron chi connectivity index (χ2n) is 5.82. The number of ether oxygens (including phenoxy) is 1. The fourth-order valence-corrected chi connectivity index (χ4v) is 4.64. The van der Waals surface area contributed by atoms with Crippen LogP contribution in [0.2, 0.25) is 0 Å². The molecule has 1 saturated carbocycles. The number of hydrogen-bond acceptors (Lipinski definition) is 4. The van der Waals surface area contributed by atoms with E-state index in [2.05, 4.69) is 9.71 Å². The van der Waals surface area contributed by atoms with E-state index in [1.807, 2.05) is 6.92 Å². The van der Waals surface area contributed by atoms with Crippen molar-refractivity contribution >= 4 is 16.0 Å². The first-order valence-corrected chi connectivity index (χ1v) is 8.59. The van der Waals surface area contributed by atoms with Crippen LogP contribution in [-0.4, -0.2) is 31.5 Å². The van der Waals surface area contributed by atoms with Gasteiger partial charge in [-0.05, 0) is 47.0 Å². The Balaban J connectivity index is 2.37. The molecule has 0 amide bonds. The number of hydrogen-bond donors (Lipinski definition) is 2. The SMILES string of the molecule is CCOC(=O)c1[nH]c(C)c(S(=O)(=O)NC2(C)CCC2)c1C. The Kier molecular flexibility index (Phi) is 4.17. The van der Waals surface area contributed by atoms with E-state index in [4.69, 9.17) is 4.74 Å². The molecule has 0 atom stereocenters. The van der Waals surface area contributed by atoms with E-state index in [1.54, 1.807) is 20.8 Å². The lowest BCUT2D eigenvalue weighted by molar-refractivity contribution is 0.0519.